The van der Waals surface area contributed by atoms with Crippen molar-refractivity contribution in [3.63, 3.8) is 0 Å². The first-order valence-corrected chi connectivity index (χ1v) is 38.2. The van der Waals surface area contributed by atoms with E-state index in [1.807, 2.05) is 6.08 Å². The summed E-state index contributed by atoms with van der Waals surface area (Å²) in [6, 6.07) is -1.03. The highest BCUT2D eigenvalue weighted by Gasteiger charge is 2.47. The number of carbonyl (C=O) groups is 2. The third-order valence-corrected chi connectivity index (χ3v) is 17.4. The zero-order valence-corrected chi connectivity index (χ0v) is 59.1. The summed E-state index contributed by atoms with van der Waals surface area (Å²) in [7, 11) is 0. The Balaban J connectivity index is 2.53. The van der Waals surface area contributed by atoms with Gasteiger partial charge in [0.2, 0.25) is 5.91 Å². The van der Waals surface area contributed by atoms with Crippen molar-refractivity contribution in [1.29, 1.82) is 0 Å². The van der Waals surface area contributed by atoms with E-state index in [1.54, 1.807) is 6.08 Å². The van der Waals surface area contributed by atoms with E-state index >= 15 is 0 Å². The van der Waals surface area contributed by atoms with Crippen LogP contribution in [0.3, 0.4) is 0 Å². The minimum absolute atomic E-state index is 0.118. The second-order valence-corrected chi connectivity index (χ2v) is 26.0. The molecule has 0 spiro atoms. The van der Waals surface area contributed by atoms with Crippen molar-refractivity contribution >= 4 is 11.9 Å². The third-order valence-electron chi connectivity index (χ3n) is 17.4. The summed E-state index contributed by atoms with van der Waals surface area (Å²) in [6.45, 7) is 5.68. The lowest BCUT2D eigenvalue weighted by Crippen LogP contribution is -2.61. The molecule has 8 atom stereocenters. The van der Waals surface area contributed by atoms with Crippen LogP contribution in [0.2, 0.25) is 0 Å². The van der Waals surface area contributed by atoms with E-state index < -0.39 is 67.4 Å². The fourth-order valence-corrected chi connectivity index (χ4v) is 11.5. The van der Waals surface area contributed by atoms with Crippen LogP contribution in [0.5, 0.6) is 0 Å². The van der Waals surface area contributed by atoms with E-state index in [-0.39, 0.29) is 19.4 Å². The first-order valence-electron chi connectivity index (χ1n) is 38.2. The first-order chi connectivity index (χ1) is 45.2. The molecule has 1 rings (SSSR count). The number of aliphatic hydroxyl groups excluding tert-OH is 5. The standard InChI is InChI=1S/C81H141NO10/c1-4-7-10-13-16-19-22-25-27-29-31-33-35-37-39-40-42-44-46-48-50-53-56-59-62-65-68-74(85)80(89)82-72(73(84)67-64-61-58-55-52-24-21-18-15-12-9-6-3)71-90-81-79(78(88)77(87)75(70-83)91-81)92-76(86)69-66-63-60-57-54-51-49-47-45-43-41-38-36-34-32-30-28-26-23-20-17-14-11-8-5-2/h7,10,16-17,19-20,25-28,31-34,37,39,64,67,72-75,77-79,81,83-85,87-88H,4-6,8-9,11-15,18,21-24,29-30,35-36,38,40-63,65-66,68-71H2,1-3H3,(H,82,89)/b10-7-,19-16-,20-17-,27-25-,28-26-,33-31-,34-32-,39-37-,67-64+. The average molecular weight is 1290 g/mol. The number of unbranched alkanes of at least 4 members (excludes halogenated alkanes) is 35. The first kappa shape index (κ1) is 86.3. The summed E-state index contributed by atoms with van der Waals surface area (Å²) >= 11 is 0. The van der Waals surface area contributed by atoms with Crippen molar-refractivity contribution in [2.24, 2.45) is 0 Å². The Hall–Kier alpha value is -3.68. The number of amides is 1. The monoisotopic (exact) mass is 1290 g/mol. The molecule has 92 heavy (non-hydrogen) atoms. The Kier molecular flexibility index (Phi) is 63.2. The van der Waals surface area contributed by atoms with Gasteiger partial charge in [-0.05, 0) is 109 Å². The molecule has 1 aliphatic rings. The molecule has 1 saturated heterocycles. The Bertz CT molecular complexity index is 1920. The number of rotatable bonds is 65. The molecule has 11 nitrogen and oxygen atoms in total. The van der Waals surface area contributed by atoms with Gasteiger partial charge in [-0.1, -0.05) is 323 Å². The fraction of sp³-hybridized carbons (Fsp3) is 0.753. The summed E-state index contributed by atoms with van der Waals surface area (Å²) in [6.07, 6.45) is 82.7. The highest BCUT2D eigenvalue weighted by atomic mass is 16.7. The largest absolute Gasteiger partial charge is 0.454 e. The summed E-state index contributed by atoms with van der Waals surface area (Å²) in [5, 5.41) is 57.4. The molecule has 0 radical (unpaired) electrons. The number of allylic oxidation sites excluding steroid dienone is 17. The molecule has 1 fully saturated rings. The lowest BCUT2D eigenvalue weighted by atomic mass is 9.99. The number of carbonyl (C=O) groups excluding carboxylic acids is 2. The maximum absolute atomic E-state index is 13.5. The molecular weight excluding hydrogens is 1150 g/mol. The van der Waals surface area contributed by atoms with Crippen LogP contribution in [-0.2, 0) is 23.8 Å². The molecule has 0 saturated carbocycles. The van der Waals surface area contributed by atoms with Gasteiger partial charge < -0.3 is 45.1 Å². The van der Waals surface area contributed by atoms with E-state index in [4.69, 9.17) is 14.2 Å². The number of nitrogens with one attached hydrogen (secondary N) is 1. The quantitative estimate of drug-likeness (QED) is 0.0195. The van der Waals surface area contributed by atoms with Crippen LogP contribution in [-0.4, -0.2) is 99.6 Å². The molecule has 530 valence electrons. The summed E-state index contributed by atoms with van der Waals surface area (Å²) < 4.78 is 17.7. The minimum atomic E-state index is -1.62. The van der Waals surface area contributed by atoms with Crippen LogP contribution in [0, 0.1) is 0 Å². The Morgan fingerprint density at radius 2 is 0.783 bits per heavy atom. The average Bonchev–Trinajstić information content (AvgIpc) is 0.881. The molecule has 0 aliphatic carbocycles. The van der Waals surface area contributed by atoms with Crippen LogP contribution in [0.1, 0.15) is 329 Å². The minimum Gasteiger partial charge on any atom is -0.454 e. The highest BCUT2D eigenvalue weighted by Crippen LogP contribution is 2.26. The molecule has 1 heterocycles. The van der Waals surface area contributed by atoms with E-state index in [2.05, 4.69) is 123 Å². The number of esters is 1. The lowest BCUT2D eigenvalue weighted by Gasteiger charge is -2.41. The van der Waals surface area contributed by atoms with Crippen molar-refractivity contribution in [1.82, 2.24) is 5.32 Å². The predicted octanol–water partition coefficient (Wildman–Crippen LogP) is 20.4. The zero-order valence-electron chi connectivity index (χ0n) is 59.1. The molecule has 8 unspecified atom stereocenters. The normalized spacial score (nSPS) is 18.5. The molecular formula is C81H141NO10. The number of aliphatic hydroxyl groups is 5. The second-order valence-electron chi connectivity index (χ2n) is 26.0. The van der Waals surface area contributed by atoms with Gasteiger partial charge in [0, 0.05) is 6.42 Å². The van der Waals surface area contributed by atoms with Crippen molar-refractivity contribution in [3.8, 4) is 0 Å². The van der Waals surface area contributed by atoms with Crippen LogP contribution in [0.4, 0.5) is 0 Å². The molecule has 0 aromatic heterocycles. The molecule has 6 N–H and O–H groups in total. The summed E-state index contributed by atoms with van der Waals surface area (Å²) in [4.78, 5) is 26.8. The van der Waals surface area contributed by atoms with E-state index in [0.29, 0.717) is 12.8 Å². The van der Waals surface area contributed by atoms with Crippen molar-refractivity contribution < 1.29 is 49.3 Å². The Morgan fingerprint density at radius 1 is 0.435 bits per heavy atom. The van der Waals surface area contributed by atoms with Gasteiger partial charge in [0.1, 0.15) is 24.4 Å². The van der Waals surface area contributed by atoms with Gasteiger partial charge in [0.15, 0.2) is 12.4 Å². The fourth-order valence-electron chi connectivity index (χ4n) is 11.5. The smallest absolute Gasteiger partial charge is 0.306 e. The molecule has 0 aromatic carbocycles. The van der Waals surface area contributed by atoms with Crippen molar-refractivity contribution in [2.75, 3.05) is 13.2 Å². The van der Waals surface area contributed by atoms with Gasteiger partial charge in [0.05, 0.1) is 25.4 Å². The molecule has 1 aliphatic heterocycles. The molecule has 1 amide bonds. The molecule has 0 bridgehead atoms. The Morgan fingerprint density at radius 3 is 1.20 bits per heavy atom. The molecule has 0 aromatic rings. The predicted molar refractivity (Wildman–Crippen MR) is 388 cm³/mol. The van der Waals surface area contributed by atoms with Gasteiger partial charge in [-0.2, -0.15) is 0 Å². The lowest BCUT2D eigenvalue weighted by molar-refractivity contribution is -0.305. The molecule has 11 heteroatoms. The van der Waals surface area contributed by atoms with Crippen LogP contribution >= 0.6 is 0 Å². The summed E-state index contributed by atoms with van der Waals surface area (Å²) in [5.74, 6) is -1.20. The topological polar surface area (TPSA) is 175 Å². The van der Waals surface area contributed by atoms with Crippen LogP contribution in [0.25, 0.3) is 0 Å². The maximum Gasteiger partial charge on any atom is 0.306 e. The van der Waals surface area contributed by atoms with E-state index in [1.165, 1.54) is 173 Å². The van der Waals surface area contributed by atoms with Crippen molar-refractivity contribution in [2.45, 2.75) is 378 Å². The van der Waals surface area contributed by atoms with Gasteiger partial charge in [-0.15, -0.1) is 0 Å². The van der Waals surface area contributed by atoms with Gasteiger partial charge in [-0.25, -0.2) is 0 Å². The van der Waals surface area contributed by atoms with Crippen LogP contribution < -0.4 is 5.32 Å². The van der Waals surface area contributed by atoms with E-state index in [0.717, 1.165) is 109 Å². The van der Waals surface area contributed by atoms with Crippen molar-refractivity contribution in [3.05, 3.63) is 109 Å². The van der Waals surface area contributed by atoms with Crippen LogP contribution in [0.15, 0.2) is 109 Å². The maximum atomic E-state index is 13.5. The zero-order chi connectivity index (χ0) is 66.7. The second kappa shape index (κ2) is 67.3. The third kappa shape index (κ3) is 53.6. The Labute approximate surface area is 564 Å². The van der Waals surface area contributed by atoms with Gasteiger partial charge >= 0.3 is 5.97 Å². The van der Waals surface area contributed by atoms with Gasteiger partial charge in [0.25, 0.3) is 0 Å². The SMILES string of the molecule is CC/C=C\C/C=C\C/C=C\C/C=C\C/C=C\CCCCCCCCCCCCC(O)C(=O)NC(COC1OC(CO)C(O)C(O)C1OC(=O)CCCCCCCCCCCCCC/C=C\C/C=C\C/C=C\CCCCC)C(O)/C=C/CCCCCCCCCCCC. The van der Waals surface area contributed by atoms with E-state index in [9.17, 15) is 35.1 Å². The number of hydrogen-bond acceptors (Lipinski definition) is 10. The summed E-state index contributed by atoms with van der Waals surface area (Å²) in [5.41, 5.74) is 0. The number of ether oxygens (including phenoxy) is 3. The number of hydrogen-bond donors (Lipinski definition) is 6. The highest BCUT2D eigenvalue weighted by molar-refractivity contribution is 5.80. The van der Waals surface area contributed by atoms with Gasteiger partial charge in [-0.3, -0.25) is 9.59 Å².